The van der Waals surface area contributed by atoms with Crippen LogP contribution in [0.4, 0.5) is 0 Å². The van der Waals surface area contributed by atoms with Gasteiger partial charge in [-0.1, -0.05) is 19.3 Å². The number of amides is 1. The summed E-state index contributed by atoms with van der Waals surface area (Å²) in [7, 11) is 1.66. The highest BCUT2D eigenvalue weighted by Crippen LogP contribution is 2.24. The van der Waals surface area contributed by atoms with Crippen LogP contribution < -0.4 is 10.6 Å². The molecule has 0 spiro atoms. The van der Waals surface area contributed by atoms with E-state index in [9.17, 15) is 10.1 Å². The van der Waals surface area contributed by atoms with Gasteiger partial charge in [0.05, 0.1) is 17.4 Å². The predicted molar refractivity (Wildman–Crippen MR) is 71.8 cm³/mol. The molecule has 0 aliphatic heterocycles. The molecule has 0 saturated heterocycles. The zero-order valence-corrected chi connectivity index (χ0v) is 11.8. The summed E-state index contributed by atoms with van der Waals surface area (Å²) in [5.74, 6) is 0.130. The molecule has 0 aromatic rings. The van der Waals surface area contributed by atoms with E-state index in [2.05, 4.69) is 16.7 Å². The van der Waals surface area contributed by atoms with Gasteiger partial charge in [0.25, 0.3) is 0 Å². The van der Waals surface area contributed by atoms with Crippen LogP contribution in [0.25, 0.3) is 0 Å². The largest absolute Gasteiger partial charge is 0.359 e. The van der Waals surface area contributed by atoms with Gasteiger partial charge in [-0.2, -0.15) is 5.26 Å². The van der Waals surface area contributed by atoms with E-state index in [1.54, 1.807) is 7.05 Å². The molecule has 102 valence electrons. The number of carbonyl (C=O) groups excluding carboxylic acids is 1. The number of carbonyl (C=O) groups is 1. The van der Waals surface area contributed by atoms with Gasteiger partial charge < -0.3 is 10.6 Å². The van der Waals surface area contributed by atoms with Crippen molar-refractivity contribution in [3.8, 4) is 6.07 Å². The van der Waals surface area contributed by atoms with E-state index in [1.165, 1.54) is 12.8 Å². The summed E-state index contributed by atoms with van der Waals surface area (Å²) >= 11 is 0. The normalized spacial score (nSPS) is 25.0. The maximum absolute atomic E-state index is 11.7. The van der Waals surface area contributed by atoms with E-state index in [0.717, 1.165) is 19.3 Å². The van der Waals surface area contributed by atoms with Gasteiger partial charge in [0.1, 0.15) is 0 Å². The predicted octanol–water partition coefficient (Wildman–Crippen LogP) is 1.82. The van der Waals surface area contributed by atoms with Crippen molar-refractivity contribution in [3.05, 3.63) is 0 Å². The summed E-state index contributed by atoms with van der Waals surface area (Å²) in [6, 6.07) is 2.65. The molecule has 4 nitrogen and oxygen atoms in total. The lowest BCUT2D eigenvalue weighted by molar-refractivity contribution is -0.128. The van der Waals surface area contributed by atoms with Crippen LogP contribution in [-0.4, -0.2) is 25.5 Å². The Kier molecular flexibility index (Phi) is 5.61. The summed E-state index contributed by atoms with van der Waals surface area (Å²) in [5.41, 5.74) is -0.430. The third kappa shape index (κ3) is 3.99. The Morgan fingerprint density at radius 3 is 2.61 bits per heavy atom. The van der Waals surface area contributed by atoms with Crippen LogP contribution in [0.5, 0.6) is 0 Å². The van der Waals surface area contributed by atoms with Crippen molar-refractivity contribution < 1.29 is 4.79 Å². The third-order valence-corrected chi connectivity index (χ3v) is 3.83. The Hall–Kier alpha value is -1.08. The first-order valence-electron chi connectivity index (χ1n) is 6.86. The van der Waals surface area contributed by atoms with Crippen molar-refractivity contribution in [1.29, 1.82) is 5.26 Å². The molecule has 0 bridgehead atoms. The summed E-state index contributed by atoms with van der Waals surface area (Å²) in [4.78, 5) is 11.7. The molecule has 1 fully saturated rings. The highest BCUT2D eigenvalue weighted by atomic mass is 16.2. The molecule has 0 aromatic carbocycles. The Bertz CT molecular complexity index is 319. The van der Waals surface area contributed by atoms with Gasteiger partial charge in [0, 0.05) is 19.6 Å². The molecule has 1 aliphatic rings. The Morgan fingerprint density at radius 1 is 1.33 bits per heavy atom. The molecule has 0 radical (unpaired) electrons. The third-order valence-electron chi connectivity index (χ3n) is 3.83. The van der Waals surface area contributed by atoms with Crippen LogP contribution in [-0.2, 0) is 4.79 Å². The van der Waals surface area contributed by atoms with E-state index in [1.807, 2.05) is 13.8 Å². The number of rotatable bonds is 4. The van der Waals surface area contributed by atoms with Crippen LogP contribution in [0.15, 0.2) is 0 Å². The Morgan fingerprint density at radius 2 is 2.00 bits per heavy atom. The van der Waals surface area contributed by atoms with Gasteiger partial charge in [-0.05, 0) is 26.7 Å². The fourth-order valence-corrected chi connectivity index (χ4v) is 2.51. The lowest BCUT2D eigenvalue weighted by Gasteiger charge is -2.28. The van der Waals surface area contributed by atoms with Gasteiger partial charge in [-0.3, -0.25) is 4.79 Å². The van der Waals surface area contributed by atoms with Crippen LogP contribution in [0.2, 0.25) is 0 Å². The van der Waals surface area contributed by atoms with E-state index in [-0.39, 0.29) is 17.9 Å². The molecule has 0 aromatic heterocycles. The molecule has 1 aliphatic carbocycles. The summed E-state index contributed by atoms with van der Waals surface area (Å²) < 4.78 is 0. The first kappa shape index (κ1) is 15.0. The van der Waals surface area contributed by atoms with Crippen LogP contribution in [0.3, 0.4) is 0 Å². The Labute approximate surface area is 110 Å². The van der Waals surface area contributed by atoms with Gasteiger partial charge in [-0.25, -0.2) is 0 Å². The zero-order chi connectivity index (χ0) is 13.6. The number of nitrogens with zero attached hydrogens (tertiary/aromatic N) is 1. The SMILES string of the molecule is CNC(=O)C(C)(C)CNC1CCCCCC1C#N. The number of hydrogen-bond acceptors (Lipinski definition) is 3. The standard InChI is InChI=1S/C14H25N3O/c1-14(2,13(18)16-3)10-17-12-8-6-4-5-7-11(12)9-15/h11-12,17H,4-8,10H2,1-3H3,(H,16,18). The van der Waals surface area contributed by atoms with E-state index in [0.29, 0.717) is 6.54 Å². The molecule has 0 heterocycles. The second-order valence-electron chi connectivity index (χ2n) is 5.82. The van der Waals surface area contributed by atoms with Crippen molar-refractivity contribution in [2.45, 2.75) is 52.0 Å². The van der Waals surface area contributed by atoms with Crippen molar-refractivity contribution in [3.63, 3.8) is 0 Å². The first-order chi connectivity index (χ1) is 8.51. The van der Waals surface area contributed by atoms with Crippen molar-refractivity contribution in [2.24, 2.45) is 11.3 Å². The van der Waals surface area contributed by atoms with Gasteiger partial charge in [0.15, 0.2) is 0 Å². The molecule has 1 amide bonds. The average Bonchev–Trinajstić information content (AvgIpc) is 2.59. The van der Waals surface area contributed by atoms with Crippen molar-refractivity contribution >= 4 is 5.91 Å². The number of hydrogen-bond donors (Lipinski definition) is 2. The highest BCUT2D eigenvalue weighted by molar-refractivity contribution is 5.81. The summed E-state index contributed by atoms with van der Waals surface area (Å²) in [6.45, 7) is 4.48. The fourth-order valence-electron chi connectivity index (χ4n) is 2.51. The minimum atomic E-state index is -0.430. The van der Waals surface area contributed by atoms with Crippen LogP contribution >= 0.6 is 0 Å². The molecule has 4 heteroatoms. The van der Waals surface area contributed by atoms with E-state index < -0.39 is 5.41 Å². The van der Waals surface area contributed by atoms with E-state index >= 15 is 0 Å². The lowest BCUT2D eigenvalue weighted by Crippen LogP contribution is -2.46. The van der Waals surface area contributed by atoms with Gasteiger partial charge in [-0.15, -0.1) is 0 Å². The summed E-state index contributed by atoms with van der Waals surface area (Å²) in [6.07, 6.45) is 5.57. The molecule has 1 saturated carbocycles. The fraction of sp³-hybridized carbons (Fsp3) is 0.857. The molecule has 2 unspecified atom stereocenters. The molecule has 2 N–H and O–H groups in total. The maximum atomic E-state index is 11.7. The molecule has 2 atom stereocenters. The maximum Gasteiger partial charge on any atom is 0.226 e. The second kappa shape index (κ2) is 6.75. The lowest BCUT2D eigenvalue weighted by atomic mass is 9.90. The van der Waals surface area contributed by atoms with Gasteiger partial charge in [0.2, 0.25) is 5.91 Å². The first-order valence-corrected chi connectivity index (χ1v) is 6.86. The minimum Gasteiger partial charge on any atom is -0.359 e. The molecular weight excluding hydrogens is 226 g/mol. The zero-order valence-electron chi connectivity index (χ0n) is 11.8. The minimum absolute atomic E-state index is 0.0390. The van der Waals surface area contributed by atoms with E-state index in [4.69, 9.17) is 0 Å². The van der Waals surface area contributed by atoms with Gasteiger partial charge >= 0.3 is 0 Å². The van der Waals surface area contributed by atoms with Crippen molar-refractivity contribution in [1.82, 2.24) is 10.6 Å². The quantitative estimate of drug-likeness (QED) is 0.749. The van der Waals surface area contributed by atoms with Crippen LogP contribution in [0, 0.1) is 22.7 Å². The second-order valence-corrected chi connectivity index (χ2v) is 5.82. The average molecular weight is 251 g/mol. The summed E-state index contributed by atoms with van der Waals surface area (Å²) in [5, 5.41) is 15.3. The molecule has 1 rings (SSSR count). The highest BCUT2D eigenvalue weighted by Gasteiger charge is 2.30. The molecule has 18 heavy (non-hydrogen) atoms. The smallest absolute Gasteiger partial charge is 0.226 e. The van der Waals surface area contributed by atoms with Crippen molar-refractivity contribution in [2.75, 3.05) is 13.6 Å². The topological polar surface area (TPSA) is 64.9 Å². The van der Waals surface area contributed by atoms with Crippen LogP contribution in [0.1, 0.15) is 46.0 Å². The monoisotopic (exact) mass is 251 g/mol. The molecular formula is C14H25N3O. The number of nitriles is 1. The Balaban J connectivity index is 2.55. The number of nitrogens with one attached hydrogen (secondary N) is 2.